The van der Waals surface area contributed by atoms with Crippen molar-refractivity contribution < 1.29 is 9.90 Å². The van der Waals surface area contributed by atoms with Crippen LogP contribution in [0.4, 0.5) is 5.69 Å². The van der Waals surface area contributed by atoms with Crippen LogP contribution >= 0.6 is 0 Å². The Kier molecular flexibility index (Phi) is 4.99. The van der Waals surface area contributed by atoms with Crippen molar-refractivity contribution >= 4 is 17.7 Å². The predicted molar refractivity (Wildman–Crippen MR) is 83.1 cm³/mol. The summed E-state index contributed by atoms with van der Waals surface area (Å²) in [6.45, 7) is 4.22. The number of benzene rings is 1. The number of carboxylic acid groups (broad SMARTS) is 1. The van der Waals surface area contributed by atoms with E-state index in [4.69, 9.17) is 5.11 Å². The normalized spacial score (nSPS) is 19.2. The maximum Gasteiger partial charge on any atom is 0.328 e. The average Bonchev–Trinajstić information content (AvgIpc) is 2.69. The van der Waals surface area contributed by atoms with Gasteiger partial charge in [0.25, 0.3) is 0 Å². The average molecular weight is 284 g/mol. The summed E-state index contributed by atoms with van der Waals surface area (Å²) in [5.41, 5.74) is 2.30. The number of hydrogen-bond donors (Lipinski definition) is 1. The molecule has 2 rings (SSSR count). The lowest BCUT2D eigenvalue weighted by Crippen LogP contribution is -2.25. The van der Waals surface area contributed by atoms with E-state index in [9.17, 15) is 10.1 Å². The topological polar surface area (TPSA) is 64.3 Å². The number of nitriles is 1. The highest BCUT2D eigenvalue weighted by atomic mass is 16.4. The minimum Gasteiger partial charge on any atom is -0.478 e. The summed E-state index contributed by atoms with van der Waals surface area (Å²) in [5.74, 6) is -0.252. The van der Waals surface area contributed by atoms with Crippen molar-refractivity contribution in [1.82, 2.24) is 0 Å². The molecule has 1 aliphatic heterocycles. The molecule has 0 aliphatic carbocycles. The maximum atomic E-state index is 10.6. The van der Waals surface area contributed by atoms with Crippen LogP contribution in [0.1, 0.15) is 37.3 Å². The first-order valence-corrected chi connectivity index (χ1v) is 7.30. The molecule has 0 bridgehead atoms. The van der Waals surface area contributed by atoms with Crippen molar-refractivity contribution in [3.8, 4) is 6.07 Å². The maximum absolute atomic E-state index is 10.6. The van der Waals surface area contributed by atoms with Gasteiger partial charge in [0.2, 0.25) is 0 Å². The summed E-state index contributed by atoms with van der Waals surface area (Å²) < 4.78 is 0. The molecule has 21 heavy (non-hydrogen) atoms. The summed E-state index contributed by atoms with van der Waals surface area (Å²) in [5, 5.41) is 18.0. The van der Waals surface area contributed by atoms with Gasteiger partial charge < -0.3 is 10.0 Å². The minimum absolute atomic E-state index is 0.608. The summed E-state index contributed by atoms with van der Waals surface area (Å²) in [4.78, 5) is 12.8. The zero-order chi connectivity index (χ0) is 15.2. The Labute approximate surface area is 125 Å². The monoisotopic (exact) mass is 284 g/mol. The molecule has 1 saturated heterocycles. The van der Waals surface area contributed by atoms with E-state index >= 15 is 0 Å². The van der Waals surface area contributed by atoms with Gasteiger partial charge in [-0.15, -0.1) is 0 Å². The molecular weight excluding hydrogens is 264 g/mol. The molecular formula is C17H20N2O2. The molecule has 1 atom stereocenters. The third kappa shape index (κ3) is 4.09. The quantitative estimate of drug-likeness (QED) is 0.865. The van der Waals surface area contributed by atoms with E-state index in [1.54, 1.807) is 6.07 Å². The van der Waals surface area contributed by atoms with Crippen LogP contribution in [0.25, 0.3) is 6.08 Å². The molecule has 4 heteroatoms. The van der Waals surface area contributed by atoms with Crippen molar-refractivity contribution in [2.75, 3.05) is 18.0 Å². The SMILES string of the molecule is CC1CCCN(c2ccc(/C=C/C(=O)O)cc2C#N)CC1. The number of anilines is 1. The molecule has 0 amide bonds. The summed E-state index contributed by atoms with van der Waals surface area (Å²) in [6.07, 6.45) is 6.12. The molecule has 110 valence electrons. The standard InChI is InChI=1S/C17H20N2O2/c1-13-3-2-9-19(10-8-13)16-6-4-14(5-7-17(20)21)11-15(16)12-18/h4-7,11,13H,2-3,8-10H2,1H3,(H,20,21)/b7-5+. The second-order valence-corrected chi connectivity index (χ2v) is 5.58. The van der Waals surface area contributed by atoms with Gasteiger partial charge in [0, 0.05) is 19.2 Å². The van der Waals surface area contributed by atoms with Gasteiger partial charge >= 0.3 is 5.97 Å². The molecule has 1 unspecified atom stereocenters. The van der Waals surface area contributed by atoms with Gasteiger partial charge in [-0.2, -0.15) is 5.26 Å². The van der Waals surface area contributed by atoms with Crippen molar-refractivity contribution in [3.63, 3.8) is 0 Å². The lowest BCUT2D eigenvalue weighted by atomic mass is 10.0. The van der Waals surface area contributed by atoms with Crippen LogP contribution in [-0.2, 0) is 4.79 Å². The van der Waals surface area contributed by atoms with E-state index in [1.165, 1.54) is 12.5 Å². The Morgan fingerprint density at radius 1 is 1.43 bits per heavy atom. The van der Waals surface area contributed by atoms with Crippen LogP contribution in [0.15, 0.2) is 24.3 Å². The Morgan fingerprint density at radius 3 is 2.95 bits per heavy atom. The summed E-state index contributed by atoms with van der Waals surface area (Å²) in [7, 11) is 0. The zero-order valence-electron chi connectivity index (χ0n) is 12.2. The first kappa shape index (κ1) is 15.1. The number of carboxylic acids is 1. The first-order chi connectivity index (χ1) is 10.1. The lowest BCUT2D eigenvalue weighted by Gasteiger charge is -2.24. The van der Waals surface area contributed by atoms with Gasteiger partial charge in [0.1, 0.15) is 6.07 Å². The number of hydrogen-bond acceptors (Lipinski definition) is 3. The van der Waals surface area contributed by atoms with E-state index in [-0.39, 0.29) is 0 Å². The molecule has 1 heterocycles. The molecule has 0 spiro atoms. The predicted octanol–water partition coefficient (Wildman–Crippen LogP) is 3.28. The van der Waals surface area contributed by atoms with E-state index in [2.05, 4.69) is 17.9 Å². The molecule has 1 fully saturated rings. The van der Waals surface area contributed by atoms with Crippen molar-refractivity contribution in [2.24, 2.45) is 5.92 Å². The van der Waals surface area contributed by atoms with Crippen LogP contribution in [0, 0.1) is 17.2 Å². The van der Waals surface area contributed by atoms with Gasteiger partial charge in [0.05, 0.1) is 11.3 Å². The Hall–Kier alpha value is -2.28. The molecule has 4 nitrogen and oxygen atoms in total. The van der Waals surface area contributed by atoms with Gasteiger partial charge in [-0.05, 0) is 49.0 Å². The van der Waals surface area contributed by atoms with Crippen LogP contribution < -0.4 is 4.90 Å². The lowest BCUT2D eigenvalue weighted by molar-refractivity contribution is -0.131. The van der Waals surface area contributed by atoms with Crippen molar-refractivity contribution in [2.45, 2.75) is 26.2 Å². The van der Waals surface area contributed by atoms with E-state index < -0.39 is 5.97 Å². The van der Waals surface area contributed by atoms with Crippen molar-refractivity contribution in [3.05, 3.63) is 35.4 Å². The molecule has 1 N–H and O–H groups in total. The molecule has 1 aromatic carbocycles. The van der Waals surface area contributed by atoms with Crippen LogP contribution in [0.3, 0.4) is 0 Å². The Morgan fingerprint density at radius 2 is 2.24 bits per heavy atom. The molecule has 0 saturated carbocycles. The number of aliphatic carboxylic acids is 1. The second-order valence-electron chi connectivity index (χ2n) is 5.58. The number of nitrogens with zero attached hydrogens (tertiary/aromatic N) is 2. The Bertz CT molecular complexity index is 587. The fourth-order valence-electron chi connectivity index (χ4n) is 2.69. The van der Waals surface area contributed by atoms with Crippen LogP contribution in [0.5, 0.6) is 0 Å². The third-order valence-corrected chi connectivity index (χ3v) is 3.92. The third-order valence-electron chi connectivity index (χ3n) is 3.92. The fourth-order valence-corrected chi connectivity index (χ4v) is 2.69. The second kappa shape index (κ2) is 6.94. The van der Waals surface area contributed by atoms with E-state index in [0.29, 0.717) is 5.56 Å². The van der Waals surface area contributed by atoms with E-state index in [0.717, 1.165) is 49.2 Å². The number of carbonyl (C=O) groups is 1. The summed E-state index contributed by atoms with van der Waals surface area (Å²) in [6, 6.07) is 7.77. The fraction of sp³-hybridized carbons (Fsp3) is 0.412. The van der Waals surface area contributed by atoms with Gasteiger partial charge in [-0.25, -0.2) is 4.79 Å². The van der Waals surface area contributed by atoms with E-state index in [1.807, 2.05) is 12.1 Å². The molecule has 1 aliphatic rings. The Balaban J connectivity index is 2.24. The molecule has 0 aromatic heterocycles. The number of rotatable bonds is 3. The molecule has 0 radical (unpaired) electrons. The van der Waals surface area contributed by atoms with Crippen molar-refractivity contribution in [1.29, 1.82) is 5.26 Å². The van der Waals surface area contributed by atoms with Crippen LogP contribution in [-0.4, -0.2) is 24.2 Å². The van der Waals surface area contributed by atoms with Crippen LogP contribution in [0.2, 0.25) is 0 Å². The van der Waals surface area contributed by atoms with Gasteiger partial charge in [0.15, 0.2) is 0 Å². The first-order valence-electron chi connectivity index (χ1n) is 7.30. The van der Waals surface area contributed by atoms with Gasteiger partial charge in [-0.3, -0.25) is 0 Å². The largest absolute Gasteiger partial charge is 0.478 e. The highest BCUT2D eigenvalue weighted by molar-refractivity contribution is 5.85. The summed E-state index contributed by atoms with van der Waals surface area (Å²) >= 11 is 0. The highest BCUT2D eigenvalue weighted by Gasteiger charge is 2.16. The smallest absolute Gasteiger partial charge is 0.328 e. The zero-order valence-corrected chi connectivity index (χ0v) is 12.2. The molecule has 1 aromatic rings. The van der Waals surface area contributed by atoms with Gasteiger partial charge in [-0.1, -0.05) is 13.0 Å². The highest BCUT2D eigenvalue weighted by Crippen LogP contribution is 2.26. The minimum atomic E-state index is -0.987.